The van der Waals surface area contributed by atoms with Crippen LogP contribution in [0.5, 0.6) is 5.75 Å². The number of benzene rings is 4. The summed E-state index contributed by atoms with van der Waals surface area (Å²) in [6.45, 7) is 3.76. The Hall–Kier alpha value is -3.96. The standard InChI is InChI=1S/C36H41N2O4.F6P/c1-37(21-23-40-24-25-41-26-27-42-31-19-13-28(14-20-31)8-7-22-39)30-17-15-29(16-18-30)36-32-9-3-5-11-34(32)38(2)35-12-6-4-10-33(35)36;1-7(2,3,4,5)6/h3-6,9-20,39H,7-8,21-27H2,1-2H3;/q+1;-1. The normalized spacial score (nSPS) is 13.0. The van der Waals surface area contributed by atoms with E-state index in [0.29, 0.717) is 33.0 Å². The zero-order valence-electron chi connectivity index (χ0n) is 27.4. The van der Waals surface area contributed by atoms with Crippen LogP contribution in [0, 0.1) is 0 Å². The summed E-state index contributed by atoms with van der Waals surface area (Å²) in [5, 5.41) is 11.4. The van der Waals surface area contributed by atoms with Crippen molar-refractivity contribution in [3.05, 3.63) is 103 Å². The fraction of sp³-hybridized carbons (Fsp3) is 0.306. The number of hydrogen-bond acceptors (Lipinski definition) is 5. The first-order chi connectivity index (χ1) is 23.1. The molecule has 0 radical (unpaired) electrons. The van der Waals surface area contributed by atoms with Crippen molar-refractivity contribution in [2.45, 2.75) is 12.8 Å². The Labute approximate surface area is 281 Å². The van der Waals surface area contributed by atoms with E-state index in [-0.39, 0.29) is 6.61 Å². The predicted octanol–water partition coefficient (Wildman–Crippen LogP) is 9.34. The van der Waals surface area contributed by atoms with E-state index in [1.54, 1.807) is 0 Å². The quantitative estimate of drug-likeness (QED) is 0.0386. The fourth-order valence-corrected chi connectivity index (χ4v) is 5.33. The zero-order valence-corrected chi connectivity index (χ0v) is 28.3. The number of aliphatic hydroxyl groups excluding tert-OH is 1. The molecule has 0 fully saturated rings. The van der Waals surface area contributed by atoms with Gasteiger partial charge in [0.25, 0.3) is 0 Å². The summed E-state index contributed by atoms with van der Waals surface area (Å²) in [5.41, 5.74) is 7.30. The third kappa shape index (κ3) is 12.8. The van der Waals surface area contributed by atoms with E-state index < -0.39 is 7.81 Å². The third-order valence-electron chi connectivity index (χ3n) is 7.65. The Kier molecular flexibility index (Phi) is 12.1. The number of fused-ring (bicyclic) bond motifs is 2. The predicted molar refractivity (Wildman–Crippen MR) is 184 cm³/mol. The molecule has 4 aromatic carbocycles. The van der Waals surface area contributed by atoms with Gasteiger partial charge in [0.1, 0.15) is 19.4 Å². The molecule has 1 heterocycles. The van der Waals surface area contributed by atoms with E-state index in [0.717, 1.165) is 30.8 Å². The Morgan fingerprint density at radius 1 is 0.673 bits per heavy atom. The molecule has 0 aliphatic carbocycles. The van der Waals surface area contributed by atoms with Gasteiger partial charge in [0.15, 0.2) is 0 Å². The molecule has 0 saturated heterocycles. The topological polar surface area (TPSA) is 55.0 Å². The van der Waals surface area contributed by atoms with Gasteiger partial charge in [-0.2, -0.15) is 4.57 Å². The van der Waals surface area contributed by atoms with Gasteiger partial charge in [-0.25, -0.2) is 0 Å². The van der Waals surface area contributed by atoms with Crippen molar-refractivity contribution >= 4 is 35.3 Å². The van der Waals surface area contributed by atoms with Crippen LogP contribution in [-0.4, -0.2) is 58.3 Å². The molecule has 13 heteroatoms. The molecule has 0 aliphatic rings. The van der Waals surface area contributed by atoms with E-state index >= 15 is 0 Å². The molecule has 49 heavy (non-hydrogen) atoms. The first-order valence-corrected chi connectivity index (χ1v) is 17.8. The minimum absolute atomic E-state index is 0.216. The molecule has 1 aromatic heterocycles. The van der Waals surface area contributed by atoms with E-state index in [1.807, 2.05) is 24.3 Å². The Morgan fingerprint density at radius 2 is 1.18 bits per heavy atom. The van der Waals surface area contributed by atoms with Crippen molar-refractivity contribution in [3.63, 3.8) is 0 Å². The zero-order chi connectivity index (χ0) is 35.6. The number of anilines is 1. The molecule has 0 spiro atoms. The van der Waals surface area contributed by atoms with Crippen LogP contribution in [0.15, 0.2) is 97.1 Å². The van der Waals surface area contributed by atoms with E-state index in [4.69, 9.17) is 19.3 Å². The maximum absolute atomic E-state index is 10.7. The van der Waals surface area contributed by atoms with Gasteiger partial charge in [0.2, 0.25) is 11.0 Å². The number of nitrogens with zero attached hydrogens (tertiary/aromatic N) is 2. The van der Waals surface area contributed by atoms with Crippen LogP contribution >= 0.6 is 7.81 Å². The van der Waals surface area contributed by atoms with Crippen LogP contribution in [0.4, 0.5) is 30.9 Å². The number of aliphatic hydroxyl groups is 1. The average molecular weight is 711 g/mol. The van der Waals surface area contributed by atoms with Crippen molar-refractivity contribution in [2.75, 3.05) is 58.1 Å². The van der Waals surface area contributed by atoms with Crippen LogP contribution < -0.4 is 14.2 Å². The SMILES string of the molecule is CN(CCOCCOCCOc1ccc(CCCO)cc1)c1ccc(-c2c3ccccc3[n+](C)c3ccccc23)cc1.F[P-](F)(F)(F)(F)F. The van der Waals surface area contributed by atoms with Crippen LogP contribution in [0.2, 0.25) is 0 Å². The van der Waals surface area contributed by atoms with Gasteiger partial charge in [-0.15, -0.1) is 0 Å². The first-order valence-electron chi connectivity index (χ1n) is 15.8. The summed E-state index contributed by atoms with van der Waals surface area (Å²) in [6.07, 6.45) is 1.66. The van der Waals surface area contributed by atoms with Crippen molar-refractivity contribution in [1.29, 1.82) is 0 Å². The molecule has 0 bridgehead atoms. The van der Waals surface area contributed by atoms with E-state index in [9.17, 15) is 25.2 Å². The van der Waals surface area contributed by atoms with Gasteiger partial charge in [-0.3, -0.25) is 0 Å². The molecule has 0 aliphatic heterocycles. The molecule has 6 nitrogen and oxygen atoms in total. The van der Waals surface area contributed by atoms with Gasteiger partial charge in [0, 0.05) is 43.6 Å². The van der Waals surface area contributed by atoms with Crippen molar-refractivity contribution < 1.29 is 49.1 Å². The molecule has 0 unspecified atom stereocenters. The Balaban J connectivity index is 0.000000698. The molecule has 5 rings (SSSR count). The van der Waals surface area contributed by atoms with Crippen LogP contribution in [0.1, 0.15) is 12.0 Å². The number of halogens is 6. The summed E-state index contributed by atoms with van der Waals surface area (Å²) in [7, 11) is -6.42. The number of aromatic nitrogens is 1. The van der Waals surface area contributed by atoms with Gasteiger partial charge < -0.3 is 24.2 Å². The van der Waals surface area contributed by atoms with E-state index in [2.05, 4.69) is 96.4 Å². The second-order valence-electron chi connectivity index (χ2n) is 11.4. The van der Waals surface area contributed by atoms with Crippen molar-refractivity contribution in [3.8, 4) is 16.9 Å². The summed E-state index contributed by atoms with van der Waals surface area (Å²) in [4.78, 5) is 2.22. The summed E-state index contributed by atoms with van der Waals surface area (Å²) < 4.78 is 78.7. The Bertz CT molecular complexity index is 1740. The monoisotopic (exact) mass is 710 g/mol. The molecule has 0 amide bonds. The molecule has 5 aromatic rings. The van der Waals surface area contributed by atoms with Gasteiger partial charge in [0.05, 0.1) is 37.2 Å². The minimum atomic E-state index is -10.7. The molecule has 266 valence electrons. The summed E-state index contributed by atoms with van der Waals surface area (Å²) in [5.74, 6) is 0.832. The fourth-order valence-electron chi connectivity index (χ4n) is 5.33. The molecular formula is C36H41F6N2O4P. The maximum atomic E-state index is 9.87. The number of likely N-dealkylation sites (N-methyl/N-ethyl adjacent to an activating group) is 1. The van der Waals surface area contributed by atoms with Gasteiger partial charge in [-0.05, 0) is 60.4 Å². The van der Waals surface area contributed by atoms with Crippen molar-refractivity contribution in [1.82, 2.24) is 0 Å². The average Bonchev–Trinajstić information content (AvgIpc) is 3.06. The van der Waals surface area contributed by atoms with Crippen LogP contribution in [0.3, 0.4) is 0 Å². The molecule has 1 N–H and O–H groups in total. The summed E-state index contributed by atoms with van der Waals surface area (Å²) >= 11 is 0. The number of hydrogen-bond donors (Lipinski definition) is 1. The molecular weight excluding hydrogens is 669 g/mol. The number of pyridine rings is 1. The second-order valence-corrected chi connectivity index (χ2v) is 13.4. The third-order valence-corrected chi connectivity index (χ3v) is 7.65. The van der Waals surface area contributed by atoms with E-state index in [1.165, 1.54) is 38.5 Å². The van der Waals surface area contributed by atoms with Gasteiger partial charge >= 0.3 is 33.0 Å². The second kappa shape index (κ2) is 15.7. The number of para-hydroxylation sites is 2. The van der Waals surface area contributed by atoms with Crippen LogP contribution in [-0.2, 0) is 22.9 Å². The van der Waals surface area contributed by atoms with Gasteiger partial charge in [-0.1, -0.05) is 48.5 Å². The van der Waals surface area contributed by atoms with Crippen LogP contribution in [0.25, 0.3) is 32.9 Å². The van der Waals surface area contributed by atoms with Crippen molar-refractivity contribution in [2.24, 2.45) is 7.05 Å². The number of ether oxygens (including phenoxy) is 3. The molecule has 0 atom stereocenters. The summed E-state index contributed by atoms with van der Waals surface area (Å²) in [6, 6.07) is 34.1. The number of rotatable bonds is 15. The first kappa shape index (κ1) is 37.9. The Morgan fingerprint density at radius 3 is 1.73 bits per heavy atom. The molecule has 0 saturated carbocycles. The number of aryl methyl sites for hydroxylation is 2.